The number of fused-ring (bicyclic) bond motifs is 6. The molecule has 0 aliphatic heterocycles. The second-order valence-corrected chi connectivity index (χ2v) is 13.1. The van der Waals surface area contributed by atoms with Crippen molar-refractivity contribution in [2.75, 3.05) is 6.61 Å². The van der Waals surface area contributed by atoms with Gasteiger partial charge < -0.3 is 28.5 Å². The fourth-order valence-electron chi connectivity index (χ4n) is 7.44. The van der Waals surface area contributed by atoms with Crippen LogP contribution >= 0.6 is 0 Å². The second kappa shape index (κ2) is 13.8. The molecule has 0 saturated heterocycles. The molecule has 0 spiro atoms. The maximum Gasteiger partial charge on any atom is 0.358 e. The minimum absolute atomic E-state index is 0.102. The lowest BCUT2D eigenvalue weighted by atomic mass is 10.1. The maximum atomic E-state index is 11.7. The van der Waals surface area contributed by atoms with Crippen LogP contribution in [0.4, 0.5) is 0 Å². The topological polar surface area (TPSA) is 87.7 Å². The highest BCUT2D eigenvalue weighted by atomic mass is 16.5. The molecular formula is C46H35N3O5. The standard InChI is InChI=1S/C46H35N3O5/c1-2-52-34-24-31(29-54-44-20-11-21-47-45(44)46(50)51)25-35(27-34)53-28-30-22-32(48-40-16-7-3-12-36(40)37-13-4-8-17-41(37)48)26-33(23-30)49-42-18-9-5-14-38(42)39-15-6-10-19-43(39)49/h3-27H,2,28-29H2,1H3,(H,50,51). The molecule has 0 aliphatic carbocycles. The van der Waals surface area contributed by atoms with Crippen molar-refractivity contribution in [3.8, 4) is 28.6 Å². The molecule has 3 aromatic heterocycles. The SMILES string of the molecule is CCOc1cc(COc2cccnc2C(=O)O)cc(OCc2cc(-n3c4ccccc4c4ccccc43)cc(-n3c4ccccc4c4ccccc43)c2)c1. The summed E-state index contributed by atoms with van der Waals surface area (Å²) in [7, 11) is 0. The number of benzene rings is 6. The molecule has 0 amide bonds. The molecule has 8 nitrogen and oxygen atoms in total. The maximum absolute atomic E-state index is 11.7. The Labute approximate surface area is 311 Å². The Kier molecular flexibility index (Phi) is 8.40. The highest BCUT2D eigenvalue weighted by molar-refractivity contribution is 6.10. The van der Waals surface area contributed by atoms with Gasteiger partial charge in [0.25, 0.3) is 0 Å². The van der Waals surface area contributed by atoms with Crippen LogP contribution in [0.1, 0.15) is 28.5 Å². The number of pyridine rings is 1. The minimum atomic E-state index is -1.15. The first-order valence-corrected chi connectivity index (χ1v) is 17.9. The highest BCUT2D eigenvalue weighted by Crippen LogP contribution is 2.36. The van der Waals surface area contributed by atoms with E-state index >= 15 is 0 Å². The van der Waals surface area contributed by atoms with Crippen molar-refractivity contribution in [3.05, 3.63) is 169 Å². The molecule has 0 bridgehead atoms. The van der Waals surface area contributed by atoms with E-state index in [0.29, 0.717) is 18.1 Å². The third kappa shape index (κ3) is 5.93. The van der Waals surface area contributed by atoms with E-state index in [9.17, 15) is 9.90 Å². The number of carboxylic acid groups (broad SMARTS) is 1. The van der Waals surface area contributed by atoms with Gasteiger partial charge >= 0.3 is 5.97 Å². The zero-order valence-corrected chi connectivity index (χ0v) is 29.5. The smallest absolute Gasteiger partial charge is 0.358 e. The first-order valence-electron chi connectivity index (χ1n) is 17.9. The van der Waals surface area contributed by atoms with Crippen molar-refractivity contribution in [1.29, 1.82) is 0 Å². The first-order chi connectivity index (χ1) is 26.6. The van der Waals surface area contributed by atoms with Crippen molar-refractivity contribution in [2.45, 2.75) is 20.1 Å². The van der Waals surface area contributed by atoms with Crippen LogP contribution in [-0.4, -0.2) is 31.8 Å². The number of carboxylic acids is 1. The fourth-order valence-corrected chi connectivity index (χ4v) is 7.44. The number of rotatable bonds is 11. The number of para-hydroxylation sites is 4. The lowest BCUT2D eigenvalue weighted by Crippen LogP contribution is -2.06. The molecular weight excluding hydrogens is 675 g/mol. The number of aromatic nitrogens is 3. The summed E-state index contributed by atoms with van der Waals surface area (Å²) < 4.78 is 23.1. The van der Waals surface area contributed by atoms with Gasteiger partial charge in [-0.3, -0.25) is 0 Å². The van der Waals surface area contributed by atoms with Crippen LogP contribution in [0.5, 0.6) is 17.2 Å². The quantitative estimate of drug-likeness (QED) is 0.144. The number of aromatic carboxylic acids is 1. The van der Waals surface area contributed by atoms with Crippen molar-refractivity contribution in [3.63, 3.8) is 0 Å². The van der Waals surface area contributed by atoms with E-state index in [1.807, 2.05) is 25.1 Å². The van der Waals surface area contributed by atoms with Crippen LogP contribution in [0.3, 0.4) is 0 Å². The Morgan fingerprint density at radius 2 is 1.02 bits per heavy atom. The van der Waals surface area contributed by atoms with Gasteiger partial charge in [-0.25, -0.2) is 9.78 Å². The number of hydrogen-bond donors (Lipinski definition) is 1. The second-order valence-electron chi connectivity index (χ2n) is 13.1. The van der Waals surface area contributed by atoms with Gasteiger partial charge in [0, 0.05) is 45.2 Å². The largest absolute Gasteiger partial charge is 0.494 e. The van der Waals surface area contributed by atoms with Gasteiger partial charge in [0.1, 0.15) is 24.7 Å². The lowest BCUT2D eigenvalue weighted by molar-refractivity contribution is 0.0684. The van der Waals surface area contributed by atoms with Crippen LogP contribution in [0.25, 0.3) is 55.0 Å². The Bertz CT molecular complexity index is 2610. The Morgan fingerprint density at radius 1 is 0.556 bits per heavy atom. The van der Waals surface area contributed by atoms with E-state index in [2.05, 4.69) is 129 Å². The third-order valence-electron chi connectivity index (χ3n) is 9.66. The highest BCUT2D eigenvalue weighted by Gasteiger charge is 2.18. The summed E-state index contributed by atoms with van der Waals surface area (Å²) >= 11 is 0. The van der Waals surface area contributed by atoms with E-state index in [4.69, 9.17) is 14.2 Å². The average Bonchev–Trinajstić information content (AvgIpc) is 3.73. The van der Waals surface area contributed by atoms with Gasteiger partial charge in [-0.15, -0.1) is 0 Å². The molecule has 9 rings (SSSR count). The van der Waals surface area contributed by atoms with E-state index in [1.165, 1.54) is 27.7 Å². The third-order valence-corrected chi connectivity index (χ3v) is 9.66. The fraction of sp³-hybridized carbons (Fsp3) is 0.0870. The van der Waals surface area contributed by atoms with Crippen LogP contribution in [0, 0.1) is 0 Å². The Hall–Kier alpha value is -7.06. The van der Waals surface area contributed by atoms with Crippen molar-refractivity contribution in [2.24, 2.45) is 0 Å². The molecule has 0 aliphatic rings. The van der Waals surface area contributed by atoms with E-state index < -0.39 is 5.97 Å². The molecule has 54 heavy (non-hydrogen) atoms. The lowest BCUT2D eigenvalue weighted by Gasteiger charge is -2.17. The van der Waals surface area contributed by atoms with E-state index in [1.54, 1.807) is 12.1 Å². The van der Waals surface area contributed by atoms with E-state index in [-0.39, 0.29) is 24.7 Å². The van der Waals surface area contributed by atoms with Crippen molar-refractivity contribution < 1.29 is 24.1 Å². The zero-order valence-electron chi connectivity index (χ0n) is 29.5. The molecule has 0 atom stereocenters. The predicted octanol–water partition coefficient (Wildman–Crippen LogP) is 10.5. The molecule has 3 heterocycles. The molecule has 0 fully saturated rings. The summed E-state index contributed by atoms with van der Waals surface area (Å²) in [6.07, 6.45) is 1.43. The summed E-state index contributed by atoms with van der Waals surface area (Å²) in [4.78, 5) is 15.7. The molecule has 9 aromatic rings. The summed E-state index contributed by atoms with van der Waals surface area (Å²) in [6, 6.07) is 49.6. The molecule has 8 heteroatoms. The van der Waals surface area contributed by atoms with Gasteiger partial charge in [0.2, 0.25) is 0 Å². The number of hydrogen-bond acceptors (Lipinski definition) is 5. The molecule has 6 aromatic carbocycles. The molecule has 264 valence electrons. The van der Waals surface area contributed by atoms with Crippen LogP contribution in [0.2, 0.25) is 0 Å². The monoisotopic (exact) mass is 709 g/mol. The molecule has 1 N–H and O–H groups in total. The van der Waals surface area contributed by atoms with Gasteiger partial charge in [-0.1, -0.05) is 72.8 Å². The summed E-state index contributed by atoms with van der Waals surface area (Å²) in [5.41, 5.74) is 8.14. The first kappa shape index (κ1) is 32.8. The van der Waals surface area contributed by atoms with Crippen LogP contribution < -0.4 is 14.2 Å². The normalized spacial score (nSPS) is 11.4. The molecule has 0 radical (unpaired) electrons. The minimum Gasteiger partial charge on any atom is -0.494 e. The number of carbonyl (C=O) groups is 1. The Balaban J connectivity index is 1.15. The molecule has 0 unspecified atom stereocenters. The molecule has 0 saturated carbocycles. The van der Waals surface area contributed by atoms with Gasteiger partial charge in [-0.05, 0) is 84.8 Å². The number of nitrogens with zero attached hydrogens (tertiary/aromatic N) is 3. The summed E-state index contributed by atoms with van der Waals surface area (Å²) in [5.74, 6) is 0.267. The number of ether oxygens (including phenoxy) is 3. The predicted molar refractivity (Wildman–Crippen MR) is 213 cm³/mol. The van der Waals surface area contributed by atoms with Gasteiger partial charge in [0.05, 0.1) is 28.7 Å². The van der Waals surface area contributed by atoms with E-state index in [0.717, 1.165) is 44.6 Å². The summed E-state index contributed by atoms with van der Waals surface area (Å²) in [5, 5.41) is 14.4. The van der Waals surface area contributed by atoms with Gasteiger partial charge in [-0.2, -0.15) is 0 Å². The van der Waals surface area contributed by atoms with Crippen LogP contribution in [0.15, 0.2) is 152 Å². The van der Waals surface area contributed by atoms with Crippen LogP contribution in [-0.2, 0) is 13.2 Å². The Morgan fingerprint density at radius 3 is 1.52 bits per heavy atom. The summed E-state index contributed by atoms with van der Waals surface area (Å²) in [6.45, 7) is 2.77. The van der Waals surface area contributed by atoms with Crippen molar-refractivity contribution >= 4 is 49.6 Å². The average molecular weight is 710 g/mol. The van der Waals surface area contributed by atoms with Gasteiger partial charge in [0.15, 0.2) is 11.4 Å². The van der Waals surface area contributed by atoms with Crippen molar-refractivity contribution in [1.82, 2.24) is 14.1 Å². The zero-order chi connectivity index (χ0) is 36.6.